The van der Waals surface area contributed by atoms with Crippen molar-refractivity contribution in [2.45, 2.75) is 148 Å². The summed E-state index contributed by atoms with van der Waals surface area (Å²) >= 11 is 1.10. The van der Waals surface area contributed by atoms with Gasteiger partial charge in [0.15, 0.2) is 0 Å². The summed E-state index contributed by atoms with van der Waals surface area (Å²) in [6, 6.07) is 6.20. The molecular formula is C36H55NO5S. The van der Waals surface area contributed by atoms with Crippen LogP contribution in [-0.2, 0) is 20.7 Å². The summed E-state index contributed by atoms with van der Waals surface area (Å²) in [5.41, 5.74) is 3.67. The lowest BCUT2D eigenvalue weighted by Gasteiger charge is -2.50. The number of hydrogen-bond acceptors (Lipinski definition) is 7. The quantitative estimate of drug-likeness (QED) is 0.113. The summed E-state index contributed by atoms with van der Waals surface area (Å²) in [6.07, 6.45) is 16.2. The fourth-order valence-electron chi connectivity index (χ4n) is 8.69. The Balaban J connectivity index is 0.00000135. The summed E-state index contributed by atoms with van der Waals surface area (Å²) < 4.78 is 13.9. The van der Waals surface area contributed by atoms with Crippen molar-refractivity contribution in [1.29, 1.82) is 0 Å². The van der Waals surface area contributed by atoms with Crippen LogP contribution in [0.2, 0.25) is 0 Å². The number of aryl methyl sites for hydroxylation is 1. The Morgan fingerprint density at radius 1 is 0.953 bits per heavy atom. The van der Waals surface area contributed by atoms with Crippen LogP contribution in [0.4, 0.5) is 0 Å². The van der Waals surface area contributed by atoms with E-state index in [2.05, 4.69) is 51.3 Å². The first kappa shape index (κ1) is 34.0. The minimum Gasteiger partial charge on any atom is -0.466 e. The van der Waals surface area contributed by atoms with Crippen molar-refractivity contribution >= 4 is 23.9 Å². The van der Waals surface area contributed by atoms with Crippen LogP contribution in [0.1, 0.15) is 148 Å². The van der Waals surface area contributed by atoms with E-state index < -0.39 is 11.9 Å². The molecule has 1 aromatic carbocycles. The largest absolute Gasteiger partial charge is 0.466 e. The summed E-state index contributed by atoms with van der Waals surface area (Å²) in [5.74, 6) is 2.09. The summed E-state index contributed by atoms with van der Waals surface area (Å²) in [6.45, 7) is 11.4. The number of carbonyl (C=O) groups excluding carboxylic acids is 2. The van der Waals surface area contributed by atoms with Gasteiger partial charge in [0.25, 0.3) is 0 Å². The third-order valence-electron chi connectivity index (χ3n) is 11.3. The van der Waals surface area contributed by atoms with Crippen LogP contribution in [0.15, 0.2) is 22.8 Å². The van der Waals surface area contributed by atoms with Crippen molar-refractivity contribution in [3.05, 3.63) is 34.2 Å². The van der Waals surface area contributed by atoms with Gasteiger partial charge in [0, 0.05) is 21.3 Å². The van der Waals surface area contributed by atoms with E-state index in [0.717, 1.165) is 55.9 Å². The third kappa shape index (κ3) is 8.23. The van der Waals surface area contributed by atoms with Crippen molar-refractivity contribution in [3.63, 3.8) is 0 Å². The number of nitroso groups, excluding NO2 is 1. The lowest BCUT2D eigenvalue weighted by atomic mass is 9.54. The zero-order chi connectivity index (χ0) is 31.1. The number of nitrogens with zero attached hydrogens (tertiary/aromatic N) is 1. The average molecular weight is 614 g/mol. The number of carbonyl (C=O) groups is 2. The maximum absolute atomic E-state index is 12.5. The van der Waals surface area contributed by atoms with Crippen LogP contribution in [0, 0.1) is 27.6 Å². The average Bonchev–Trinajstić information content (AvgIpc) is 3.43. The highest BCUT2D eigenvalue weighted by Crippen LogP contribution is 2.62. The zero-order valence-corrected chi connectivity index (χ0v) is 28.2. The second-order valence-electron chi connectivity index (χ2n) is 14.6. The van der Waals surface area contributed by atoms with E-state index in [1.54, 1.807) is 0 Å². The van der Waals surface area contributed by atoms with Crippen LogP contribution in [0.5, 0.6) is 5.75 Å². The molecule has 3 fully saturated rings. The lowest BCUT2D eigenvalue weighted by Crippen LogP contribution is -2.40. The molecule has 0 aromatic heterocycles. The zero-order valence-electron chi connectivity index (χ0n) is 27.4. The fourth-order valence-corrected chi connectivity index (χ4v) is 9.41. The number of fused-ring (bicyclic) bond motifs is 5. The standard InChI is InChI=1S/C33H47NO5S.C3H8/c1-4-32-14-5-6-28(32)27-9-7-23-22-24(8-10-25(23)26(27)13-15-32)39-30(36)12-11-29(35)38-21-20-33(40-34-37)18-16-31(2,3)17-19-33;1-3-2/h8,10,22,26-28H,4-7,9,11-21H2,1-3H3;3H2,1-2H3. The van der Waals surface area contributed by atoms with Gasteiger partial charge in [-0.25, -0.2) is 0 Å². The first-order valence-corrected chi connectivity index (χ1v) is 17.9. The van der Waals surface area contributed by atoms with Gasteiger partial charge >= 0.3 is 11.9 Å². The highest BCUT2D eigenvalue weighted by molar-refractivity contribution is 7.99. The molecule has 43 heavy (non-hydrogen) atoms. The molecule has 7 heteroatoms. The van der Waals surface area contributed by atoms with Gasteiger partial charge in [-0.3, -0.25) is 9.59 Å². The van der Waals surface area contributed by atoms with Gasteiger partial charge in [0.1, 0.15) is 5.75 Å². The van der Waals surface area contributed by atoms with Crippen LogP contribution in [0.3, 0.4) is 0 Å². The molecule has 0 amide bonds. The second kappa shape index (κ2) is 14.9. The summed E-state index contributed by atoms with van der Waals surface area (Å²) in [4.78, 5) is 35.9. The molecule has 0 N–H and O–H groups in total. The molecule has 0 spiro atoms. The Hall–Kier alpha value is -1.89. The molecule has 0 radical (unpaired) electrons. The Morgan fingerprint density at radius 2 is 1.67 bits per heavy atom. The van der Waals surface area contributed by atoms with Crippen molar-refractivity contribution in [2.24, 2.45) is 27.2 Å². The van der Waals surface area contributed by atoms with Crippen LogP contribution in [-0.4, -0.2) is 23.3 Å². The van der Waals surface area contributed by atoms with E-state index in [1.165, 1.54) is 62.5 Å². The second-order valence-corrected chi connectivity index (χ2v) is 15.8. The number of benzene rings is 1. The molecule has 0 aliphatic heterocycles. The highest BCUT2D eigenvalue weighted by Gasteiger charge is 2.51. The normalized spacial score (nSPS) is 28.3. The van der Waals surface area contributed by atoms with Gasteiger partial charge in [-0.05, 0) is 122 Å². The van der Waals surface area contributed by atoms with Crippen molar-refractivity contribution in [3.8, 4) is 5.75 Å². The molecule has 240 valence electrons. The maximum Gasteiger partial charge on any atom is 0.311 e. The maximum atomic E-state index is 12.5. The van der Waals surface area contributed by atoms with Gasteiger partial charge in [-0.2, -0.15) is 0 Å². The Bertz CT molecular complexity index is 1110. The third-order valence-corrected chi connectivity index (χ3v) is 12.3. The first-order valence-electron chi connectivity index (χ1n) is 17.1. The molecule has 4 unspecified atom stereocenters. The highest BCUT2D eigenvalue weighted by atomic mass is 32.2. The van der Waals surface area contributed by atoms with Gasteiger partial charge in [-0.1, -0.05) is 59.9 Å². The monoisotopic (exact) mass is 613 g/mol. The molecule has 0 heterocycles. The molecule has 1 aromatic rings. The van der Waals surface area contributed by atoms with Gasteiger partial charge in [0.2, 0.25) is 0 Å². The number of esters is 2. The Kier molecular flexibility index (Phi) is 11.8. The SMILES string of the molecule is CCC.CCC12CCCC1C1CCc3cc(OC(=O)CCC(=O)OCCC4(SN=O)CCC(C)(C)CC4)ccc3C1CC2. The molecule has 0 bridgehead atoms. The van der Waals surface area contributed by atoms with Crippen molar-refractivity contribution in [2.75, 3.05) is 6.61 Å². The summed E-state index contributed by atoms with van der Waals surface area (Å²) in [5, 5.41) is 0. The molecular weight excluding hydrogens is 558 g/mol. The predicted octanol–water partition coefficient (Wildman–Crippen LogP) is 10.1. The minimum absolute atomic E-state index is 0.00675. The Morgan fingerprint density at radius 3 is 2.37 bits per heavy atom. The molecule has 5 rings (SSSR count). The lowest BCUT2D eigenvalue weighted by molar-refractivity contribution is -0.147. The van der Waals surface area contributed by atoms with E-state index >= 15 is 0 Å². The van der Waals surface area contributed by atoms with Gasteiger partial charge in [0.05, 0.1) is 19.4 Å². The van der Waals surface area contributed by atoms with E-state index in [-0.39, 0.29) is 29.6 Å². The Labute approximate surface area is 264 Å². The molecule has 0 saturated heterocycles. The predicted molar refractivity (Wildman–Crippen MR) is 175 cm³/mol. The number of rotatable bonds is 10. The molecule has 6 nitrogen and oxygen atoms in total. The van der Waals surface area contributed by atoms with E-state index in [9.17, 15) is 14.5 Å². The summed E-state index contributed by atoms with van der Waals surface area (Å²) in [7, 11) is 0. The minimum atomic E-state index is -0.409. The van der Waals surface area contributed by atoms with Crippen LogP contribution < -0.4 is 4.74 Å². The molecule has 4 atom stereocenters. The number of ether oxygens (including phenoxy) is 2. The topological polar surface area (TPSA) is 82.0 Å². The van der Waals surface area contributed by atoms with E-state index in [1.807, 2.05) is 6.07 Å². The van der Waals surface area contributed by atoms with Gasteiger partial charge in [-0.15, -0.1) is 4.91 Å². The van der Waals surface area contributed by atoms with Crippen LogP contribution >= 0.6 is 11.9 Å². The van der Waals surface area contributed by atoms with Crippen molar-refractivity contribution in [1.82, 2.24) is 0 Å². The fraction of sp³-hybridized carbons (Fsp3) is 0.778. The molecule has 3 saturated carbocycles. The van der Waals surface area contributed by atoms with Crippen LogP contribution in [0.25, 0.3) is 0 Å². The molecule has 4 aliphatic carbocycles. The van der Waals surface area contributed by atoms with E-state index in [4.69, 9.17) is 9.47 Å². The molecule has 4 aliphatic rings. The van der Waals surface area contributed by atoms with Gasteiger partial charge < -0.3 is 9.47 Å². The van der Waals surface area contributed by atoms with Crippen molar-refractivity contribution < 1.29 is 19.1 Å². The smallest absolute Gasteiger partial charge is 0.311 e. The van der Waals surface area contributed by atoms with E-state index in [0.29, 0.717) is 23.5 Å². The first-order chi connectivity index (χ1) is 20.6. The number of hydrogen-bond donors (Lipinski definition) is 0.